The van der Waals surface area contributed by atoms with E-state index in [9.17, 15) is 4.79 Å². The molecule has 1 aliphatic rings. The first-order valence-corrected chi connectivity index (χ1v) is 8.17. The first kappa shape index (κ1) is 17.3. The van der Waals surface area contributed by atoms with E-state index in [0.717, 1.165) is 31.6 Å². The molecule has 1 aromatic rings. The van der Waals surface area contributed by atoms with E-state index in [0.29, 0.717) is 29.7 Å². The number of nitriles is 1. The Bertz CT molecular complexity index is 594. The van der Waals surface area contributed by atoms with Gasteiger partial charge in [-0.3, -0.25) is 4.79 Å². The van der Waals surface area contributed by atoms with Gasteiger partial charge in [-0.1, -0.05) is 19.9 Å². The van der Waals surface area contributed by atoms with Gasteiger partial charge >= 0.3 is 0 Å². The Hall–Kier alpha value is -2.06. The van der Waals surface area contributed by atoms with Crippen molar-refractivity contribution in [2.75, 3.05) is 20.2 Å². The summed E-state index contributed by atoms with van der Waals surface area (Å²) < 4.78 is 5.17. The van der Waals surface area contributed by atoms with Crippen LogP contribution in [0.1, 0.15) is 37.8 Å². The van der Waals surface area contributed by atoms with Crippen LogP contribution < -0.4 is 10.1 Å². The molecule has 0 aliphatic carbocycles. The van der Waals surface area contributed by atoms with Gasteiger partial charge in [0.2, 0.25) is 5.91 Å². The summed E-state index contributed by atoms with van der Waals surface area (Å²) in [6, 6.07) is 8.23. The Balaban J connectivity index is 1.92. The van der Waals surface area contributed by atoms with Crippen LogP contribution in [0, 0.1) is 17.2 Å². The van der Waals surface area contributed by atoms with E-state index in [1.54, 1.807) is 7.11 Å². The van der Waals surface area contributed by atoms with Crippen LogP contribution in [-0.4, -0.2) is 37.0 Å². The smallest absolute Gasteiger partial charge is 0.222 e. The molecule has 0 bridgehead atoms. The Morgan fingerprint density at radius 2 is 2.30 bits per heavy atom. The molecule has 124 valence electrons. The monoisotopic (exact) mass is 315 g/mol. The number of amides is 1. The molecule has 1 aromatic carbocycles. The molecular formula is C18H25N3O2. The van der Waals surface area contributed by atoms with Crippen LogP contribution in [0.25, 0.3) is 0 Å². The fourth-order valence-corrected chi connectivity index (χ4v) is 3.10. The lowest BCUT2D eigenvalue weighted by molar-refractivity contribution is -0.132. The average molecular weight is 315 g/mol. The fourth-order valence-electron chi connectivity index (χ4n) is 3.10. The Morgan fingerprint density at radius 3 is 2.91 bits per heavy atom. The van der Waals surface area contributed by atoms with Crippen LogP contribution in [-0.2, 0) is 11.3 Å². The van der Waals surface area contributed by atoms with E-state index in [2.05, 4.69) is 18.3 Å². The van der Waals surface area contributed by atoms with E-state index >= 15 is 0 Å². The third-order valence-corrected chi connectivity index (χ3v) is 4.51. The van der Waals surface area contributed by atoms with Crippen molar-refractivity contribution in [2.45, 2.75) is 39.3 Å². The quantitative estimate of drug-likeness (QED) is 0.905. The highest BCUT2D eigenvalue weighted by Crippen LogP contribution is 2.21. The maximum atomic E-state index is 11.8. The lowest BCUT2D eigenvalue weighted by Crippen LogP contribution is -2.49. The number of ether oxygens (including phenoxy) is 1. The highest BCUT2D eigenvalue weighted by molar-refractivity contribution is 5.75. The normalized spacial score (nSPS) is 20.9. The fraction of sp³-hybridized carbons (Fsp3) is 0.556. The van der Waals surface area contributed by atoms with E-state index in [-0.39, 0.29) is 5.91 Å². The van der Waals surface area contributed by atoms with Crippen LogP contribution in [0.15, 0.2) is 18.2 Å². The van der Waals surface area contributed by atoms with Gasteiger partial charge in [-0.2, -0.15) is 5.26 Å². The van der Waals surface area contributed by atoms with Gasteiger partial charge in [-0.15, -0.1) is 0 Å². The van der Waals surface area contributed by atoms with Crippen molar-refractivity contribution in [3.63, 3.8) is 0 Å². The summed E-state index contributed by atoms with van der Waals surface area (Å²) in [6.45, 7) is 6.45. The summed E-state index contributed by atoms with van der Waals surface area (Å²) >= 11 is 0. The number of hydrogen-bond acceptors (Lipinski definition) is 4. The molecule has 2 unspecified atom stereocenters. The lowest BCUT2D eigenvalue weighted by atomic mass is 9.93. The maximum absolute atomic E-state index is 11.8. The standard InChI is InChI=1S/C18H25N3O2/c1-4-18(22)21-8-7-16(13(2)12-21)20-11-14-5-6-17(23-3)15(9-14)10-19/h5-6,9,13,16,20H,4,7-8,11-12H2,1-3H3. The van der Waals surface area contributed by atoms with Gasteiger partial charge in [0.1, 0.15) is 11.8 Å². The number of carbonyl (C=O) groups is 1. The second-order valence-electron chi connectivity index (χ2n) is 6.09. The summed E-state index contributed by atoms with van der Waals surface area (Å²) in [5, 5.41) is 12.7. The summed E-state index contributed by atoms with van der Waals surface area (Å²) in [7, 11) is 1.57. The molecule has 23 heavy (non-hydrogen) atoms. The first-order valence-electron chi connectivity index (χ1n) is 8.17. The minimum absolute atomic E-state index is 0.240. The molecule has 1 saturated heterocycles. The average Bonchev–Trinajstić information content (AvgIpc) is 2.59. The van der Waals surface area contributed by atoms with Crippen molar-refractivity contribution in [3.8, 4) is 11.8 Å². The van der Waals surface area contributed by atoms with Gasteiger partial charge in [0.15, 0.2) is 0 Å². The number of piperidine rings is 1. The Kier molecular flexibility index (Phi) is 6.00. The van der Waals surface area contributed by atoms with Crippen molar-refractivity contribution in [1.29, 1.82) is 5.26 Å². The highest BCUT2D eigenvalue weighted by atomic mass is 16.5. The molecule has 1 N–H and O–H groups in total. The van der Waals surface area contributed by atoms with Crippen LogP contribution in [0.4, 0.5) is 0 Å². The number of carbonyl (C=O) groups excluding carboxylic acids is 1. The number of methoxy groups -OCH3 is 1. The largest absolute Gasteiger partial charge is 0.495 e. The van der Waals surface area contributed by atoms with E-state index in [1.165, 1.54) is 0 Å². The SMILES string of the molecule is CCC(=O)N1CCC(NCc2ccc(OC)c(C#N)c2)C(C)C1. The predicted molar refractivity (Wildman–Crippen MR) is 89.0 cm³/mol. The van der Waals surface area contributed by atoms with Gasteiger partial charge in [-0.25, -0.2) is 0 Å². The van der Waals surface area contributed by atoms with Gasteiger partial charge < -0.3 is 15.0 Å². The van der Waals surface area contributed by atoms with Crippen LogP contribution in [0.2, 0.25) is 0 Å². The number of rotatable bonds is 5. The molecule has 0 radical (unpaired) electrons. The predicted octanol–water partition coefficient (Wildman–Crippen LogP) is 2.30. The third-order valence-electron chi connectivity index (χ3n) is 4.51. The van der Waals surface area contributed by atoms with Crippen molar-refractivity contribution in [1.82, 2.24) is 10.2 Å². The number of nitrogens with one attached hydrogen (secondary N) is 1. The minimum atomic E-state index is 0.240. The zero-order chi connectivity index (χ0) is 16.8. The highest BCUT2D eigenvalue weighted by Gasteiger charge is 2.27. The number of benzene rings is 1. The molecule has 1 fully saturated rings. The molecule has 0 saturated carbocycles. The van der Waals surface area contributed by atoms with E-state index < -0.39 is 0 Å². The number of nitrogens with zero attached hydrogens (tertiary/aromatic N) is 2. The van der Waals surface area contributed by atoms with Crippen LogP contribution >= 0.6 is 0 Å². The van der Waals surface area contributed by atoms with Gasteiger partial charge in [0.25, 0.3) is 0 Å². The lowest BCUT2D eigenvalue weighted by Gasteiger charge is -2.37. The summed E-state index contributed by atoms with van der Waals surface area (Å²) in [5.74, 6) is 1.27. The van der Waals surface area contributed by atoms with E-state index in [1.807, 2.05) is 30.0 Å². The summed E-state index contributed by atoms with van der Waals surface area (Å²) in [6.07, 6.45) is 1.54. The van der Waals surface area contributed by atoms with Gasteiger partial charge in [0.05, 0.1) is 12.7 Å². The molecule has 0 aromatic heterocycles. The number of likely N-dealkylation sites (tertiary alicyclic amines) is 1. The summed E-state index contributed by atoms with van der Waals surface area (Å²) in [4.78, 5) is 13.8. The molecular weight excluding hydrogens is 290 g/mol. The molecule has 1 heterocycles. The molecule has 5 heteroatoms. The van der Waals surface area contributed by atoms with Crippen LogP contribution in [0.5, 0.6) is 5.75 Å². The summed E-state index contributed by atoms with van der Waals surface area (Å²) in [5.41, 5.74) is 1.63. The van der Waals surface area contributed by atoms with Gasteiger partial charge in [-0.05, 0) is 30.0 Å². The van der Waals surface area contributed by atoms with E-state index in [4.69, 9.17) is 10.00 Å². The second kappa shape index (κ2) is 7.98. The van der Waals surface area contributed by atoms with Gasteiger partial charge in [0, 0.05) is 32.1 Å². The first-order chi connectivity index (χ1) is 11.1. The Labute approximate surface area is 138 Å². The van der Waals surface area contributed by atoms with Crippen molar-refractivity contribution >= 4 is 5.91 Å². The number of hydrogen-bond donors (Lipinski definition) is 1. The molecule has 5 nitrogen and oxygen atoms in total. The zero-order valence-electron chi connectivity index (χ0n) is 14.1. The second-order valence-corrected chi connectivity index (χ2v) is 6.09. The topological polar surface area (TPSA) is 65.4 Å². The molecule has 2 atom stereocenters. The van der Waals surface area contributed by atoms with Crippen molar-refractivity contribution in [2.24, 2.45) is 5.92 Å². The van der Waals surface area contributed by atoms with Crippen LogP contribution in [0.3, 0.4) is 0 Å². The Morgan fingerprint density at radius 1 is 1.52 bits per heavy atom. The van der Waals surface area contributed by atoms with Crippen molar-refractivity contribution in [3.05, 3.63) is 29.3 Å². The molecule has 1 aliphatic heterocycles. The van der Waals surface area contributed by atoms with Crippen molar-refractivity contribution < 1.29 is 9.53 Å². The molecule has 2 rings (SSSR count). The molecule has 0 spiro atoms. The molecule has 1 amide bonds. The third kappa shape index (κ3) is 4.23. The zero-order valence-corrected chi connectivity index (χ0v) is 14.1. The maximum Gasteiger partial charge on any atom is 0.222 e. The minimum Gasteiger partial charge on any atom is -0.495 e.